The summed E-state index contributed by atoms with van der Waals surface area (Å²) in [5, 5.41) is 11.8. The van der Waals surface area contributed by atoms with Crippen molar-refractivity contribution in [1.82, 2.24) is 15.6 Å². The molecule has 3 aromatic rings. The van der Waals surface area contributed by atoms with Crippen LogP contribution in [-0.2, 0) is 9.59 Å². The summed E-state index contributed by atoms with van der Waals surface area (Å²) in [6.07, 6.45) is 2.34. The molecule has 178 valence electrons. The molecule has 0 spiro atoms. The highest BCUT2D eigenvalue weighted by molar-refractivity contribution is 7.14. The number of thiazole rings is 1. The fourth-order valence-electron chi connectivity index (χ4n) is 3.95. The zero-order valence-electron chi connectivity index (χ0n) is 19.4. The van der Waals surface area contributed by atoms with Crippen molar-refractivity contribution in [3.8, 4) is 11.3 Å². The number of anilines is 2. The first-order chi connectivity index (χ1) is 16.7. The van der Waals surface area contributed by atoms with Crippen molar-refractivity contribution in [1.29, 1.82) is 0 Å². The van der Waals surface area contributed by atoms with Gasteiger partial charge in [0.15, 0.2) is 0 Å². The summed E-state index contributed by atoms with van der Waals surface area (Å²) in [4.78, 5) is 31.0. The van der Waals surface area contributed by atoms with Gasteiger partial charge in [-0.05, 0) is 18.6 Å². The maximum absolute atomic E-state index is 13.2. The summed E-state index contributed by atoms with van der Waals surface area (Å²) in [7, 11) is 0. The van der Waals surface area contributed by atoms with Gasteiger partial charge in [-0.15, -0.1) is 11.3 Å². The minimum atomic E-state index is -0.649. The van der Waals surface area contributed by atoms with E-state index in [2.05, 4.69) is 22.5 Å². The van der Waals surface area contributed by atoms with Gasteiger partial charge in [0.1, 0.15) is 5.92 Å². The third-order valence-corrected chi connectivity index (χ3v) is 6.58. The molecule has 5 rings (SSSR count). The average molecular weight is 478 g/mol. The topological polar surface area (TPSA) is 77.6 Å². The molecular weight excluding hydrogens is 446 g/mol. The Morgan fingerprint density at radius 1 is 0.882 bits per heavy atom. The first kappa shape index (κ1) is 24.1. The Hall–Kier alpha value is -3.07. The number of rotatable bonds is 6. The molecule has 2 amide bonds. The van der Waals surface area contributed by atoms with Crippen molar-refractivity contribution >= 4 is 34.0 Å². The van der Waals surface area contributed by atoms with Crippen LogP contribution in [0.2, 0.25) is 0 Å². The molecule has 0 aliphatic carbocycles. The van der Waals surface area contributed by atoms with Crippen LogP contribution in [0.25, 0.3) is 11.3 Å². The van der Waals surface area contributed by atoms with E-state index in [1.807, 2.05) is 66.0 Å². The van der Waals surface area contributed by atoms with E-state index in [1.54, 1.807) is 0 Å². The van der Waals surface area contributed by atoms with Gasteiger partial charge in [-0.25, -0.2) is 9.99 Å². The van der Waals surface area contributed by atoms with E-state index in [1.165, 1.54) is 21.4 Å². The van der Waals surface area contributed by atoms with E-state index in [0.717, 1.165) is 50.3 Å². The number of aromatic nitrogens is 1. The summed E-state index contributed by atoms with van der Waals surface area (Å²) < 4.78 is 0. The number of hydrogen-bond acceptors (Lipinski definition) is 6. The van der Waals surface area contributed by atoms with E-state index in [-0.39, 0.29) is 11.8 Å². The molecule has 1 atom stereocenters. The normalized spacial score (nSPS) is 18.1. The number of carbonyl (C=O) groups is 2. The van der Waals surface area contributed by atoms with Crippen molar-refractivity contribution in [2.75, 3.05) is 36.2 Å². The standard InChI is InChI=1S/C22H21N3O2S.C4H10N2/c1-2-3-14-18-20(26)24(17-12-8-5-9-13-17)25(21(18)27)22-23-19(15-28-22)16-10-6-4-7-11-16;1-2-6-4-3-5-1/h4-13,15,18H,2-3,14H2,1H3;5-6H,1-4H2. The summed E-state index contributed by atoms with van der Waals surface area (Å²) in [5.41, 5.74) is 2.46. The number of benzene rings is 2. The van der Waals surface area contributed by atoms with Gasteiger partial charge in [-0.3, -0.25) is 9.59 Å². The van der Waals surface area contributed by atoms with Crippen LogP contribution in [0.3, 0.4) is 0 Å². The molecule has 1 unspecified atom stereocenters. The van der Waals surface area contributed by atoms with E-state index >= 15 is 0 Å². The van der Waals surface area contributed by atoms with Gasteiger partial charge in [-0.2, -0.15) is 5.01 Å². The molecule has 2 aromatic carbocycles. The van der Waals surface area contributed by atoms with Crippen LogP contribution < -0.4 is 20.7 Å². The van der Waals surface area contributed by atoms with Crippen LogP contribution in [0, 0.1) is 5.92 Å². The minimum absolute atomic E-state index is 0.180. The van der Waals surface area contributed by atoms with E-state index in [9.17, 15) is 9.59 Å². The predicted molar refractivity (Wildman–Crippen MR) is 138 cm³/mol. The fraction of sp³-hybridized carbons (Fsp3) is 0.346. The molecule has 2 aliphatic rings. The maximum atomic E-state index is 13.2. The zero-order valence-corrected chi connectivity index (χ0v) is 20.3. The van der Waals surface area contributed by atoms with Gasteiger partial charge in [0.2, 0.25) is 5.13 Å². The zero-order chi connectivity index (χ0) is 23.8. The Bertz CT molecular complexity index is 1060. The van der Waals surface area contributed by atoms with E-state index < -0.39 is 5.92 Å². The Kier molecular flexibility index (Phi) is 8.41. The van der Waals surface area contributed by atoms with Crippen LogP contribution in [0.5, 0.6) is 0 Å². The highest BCUT2D eigenvalue weighted by Crippen LogP contribution is 2.36. The minimum Gasteiger partial charge on any atom is -0.314 e. The molecule has 2 fully saturated rings. The number of piperazine rings is 1. The van der Waals surface area contributed by atoms with Crippen molar-refractivity contribution in [2.24, 2.45) is 5.92 Å². The van der Waals surface area contributed by atoms with E-state index in [0.29, 0.717) is 17.2 Å². The lowest BCUT2D eigenvalue weighted by Crippen LogP contribution is -2.41. The summed E-state index contributed by atoms with van der Waals surface area (Å²) in [6, 6.07) is 19.1. The first-order valence-electron chi connectivity index (χ1n) is 11.9. The van der Waals surface area contributed by atoms with Crippen LogP contribution in [-0.4, -0.2) is 43.0 Å². The van der Waals surface area contributed by atoms with Crippen molar-refractivity contribution < 1.29 is 9.59 Å². The number of hydrogen-bond donors (Lipinski definition) is 2. The van der Waals surface area contributed by atoms with Crippen LogP contribution in [0.15, 0.2) is 66.0 Å². The van der Waals surface area contributed by atoms with Gasteiger partial charge >= 0.3 is 0 Å². The van der Waals surface area contributed by atoms with Crippen molar-refractivity contribution in [3.63, 3.8) is 0 Å². The molecule has 2 aliphatic heterocycles. The molecule has 7 nitrogen and oxygen atoms in total. The van der Waals surface area contributed by atoms with Gasteiger partial charge < -0.3 is 10.6 Å². The number of para-hydroxylation sites is 1. The molecule has 2 saturated heterocycles. The van der Waals surface area contributed by atoms with Crippen molar-refractivity contribution in [2.45, 2.75) is 26.2 Å². The average Bonchev–Trinajstić information content (AvgIpc) is 3.48. The van der Waals surface area contributed by atoms with E-state index in [4.69, 9.17) is 0 Å². The number of nitrogens with zero attached hydrogens (tertiary/aromatic N) is 3. The van der Waals surface area contributed by atoms with Gasteiger partial charge in [0, 0.05) is 37.1 Å². The quantitative estimate of drug-likeness (QED) is 0.523. The highest BCUT2D eigenvalue weighted by atomic mass is 32.1. The summed E-state index contributed by atoms with van der Waals surface area (Å²) >= 11 is 1.37. The molecule has 2 N–H and O–H groups in total. The van der Waals surface area contributed by atoms with Crippen LogP contribution >= 0.6 is 11.3 Å². The molecule has 0 radical (unpaired) electrons. The lowest BCUT2D eigenvalue weighted by Gasteiger charge is -2.25. The van der Waals surface area contributed by atoms with Crippen molar-refractivity contribution in [3.05, 3.63) is 66.0 Å². The molecule has 3 heterocycles. The second-order valence-corrected chi connectivity index (χ2v) is 9.05. The number of nitrogens with one attached hydrogen (secondary N) is 2. The summed E-state index contributed by atoms with van der Waals surface area (Å²) in [6.45, 7) is 6.61. The van der Waals surface area contributed by atoms with Gasteiger partial charge in [-0.1, -0.05) is 68.3 Å². The second kappa shape index (κ2) is 11.9. The molecule has 8 heteroatoms. The monoisotopic (exact) mass is 477 g/mol. The second-order valence-electron chi connectivity index (χ2n) is 8.21. The molecular formula is C26H31N5O2S. The Balaban J connectivity index is 0.000000398. The molecule has 0 bridgehead atoms. The van der Waals surface area contributed by atoms with Gasteiger partial charge in [0.05, 0.1) is 11.4 Å². The fourth-order valence-corrected chi connectivity index (χ4v) is 4.78. The summed E-state index contributed by atoms with van der Waals surface area (Å²) in [5.74, 6) is -1.03. The predicted octanol–water partition coefficient (Wildman–Crippen LogP) is 4.09. The third kappa shape index (κ3) is 5.52. The largest absolute Gasteiger partial charge is 0.314 e. The van der Waals surface area contributed by atoms with Crippen LogP contribution in [0.1, 0.15) is 26.2 Å². The Morgan fingerprint density at radius 3 is 2.06 bits per heavy atom. The highest BCUT2D eigenvalue weighted by Gasteiger charge is 2.47. The van der Waals surface area contributed by atoms with Gasteiger partial charge in [0.25, 0.3) is 11.8 Å². The first-order valence-corrected chi connectivity index (χ1v) is 12.7. The maximum Gasteiger partial charge on any atom is 0.260 e. The molecule has 1 aromatic heterocycles. The molecule has 34 heavy (non-hydrogen) atoms. The number of unbranched alkanes of at least 4 members (excludes halogenated alkanes) is 1. The Labute approximate surface area is 204 Å². The smallest absolute Gasteiger partial charge is 0.260 e. The number of carbonyl (C=O) groups excluding carboxylic acids is 2. The number of hydrazine groups is 1. The van der Waals surface area contributed by atoms with Crippen LogP contribution in [0.4, 0.5) is 10.8 Å². The number of amides is 2. The third-order valence-electron chi connectivity index (χ3n) is 5.76. The Morgan fingerprint density at radius 2 is 1.47 bits per heavy atom. The SMILES string of the molecule is C1CNCCN1.CCCCC1C(=O)N(c2ccccc2)N(c2nc(-c3ccccc3)cs2)C1=O. The lowest BCUT2D eigenvalue weighted by molar-refractivity contribution is -0.127. The lowest BCUT2D eigenvalue weighted by atomic mass is 10.0. The molecule has 0 saturated carbocycles.